The van der Waals surface area contributed by atoms with Gasteiger partial charge < -0.3 is 0 Å². The molecule has 0 spiro atoms. The van der Waals surface area contributed by atoms with Crippen molar-refractivity contribution in [2.24, 2.45) is 7.05 Å². The molecule has 18 heavy (non-hydrogen) atoms. The van der Waals surface area contributed by atoms with Crippen LogP contribution in [-0.4, -0.2) is 26.2 Å². The van der Waals surface area contributed by atoms with Gasteiger partial charge in [-0.3, -0.25) is 9.58 Å². The third-order valence-corrected chi connectivity index (χ3v) is 4.40. The van der Waals surface area contributed by atoms with Crippen molar-refractivity contribution in [3.63, 3.8) is 0 Å². The first-order valence-corrected chi connectivity index (χ1v) is 7.18. The zero-order chi connectivity index (χ0) is 12.5. The van der Waals surface area contributed by atoms with Gasteiger partial charge >= 0.3 is 0 Å². The Labute approximate surface area is 111 Å². The maximum atomic E-state index is 4.34. The minimum absolute atomic E-state index is 0.529. The minimum Gasteiger partial charge on any atom is -0.291 e. The van der Waals surface area contributed by atoms with E-state index in [0.717, 1.165) is 11.6 Å². The highest BCUT2D eigenvalue weighted by atomic mass is 32.1. The number of thiazole rings is 1. The van der Waals surface area contributed by atoms with Crippen LogP contribution >= 0.6 is 11.3 Å². The number of hydrogen-bond donors (Lipinski definition) is 0. The first kappa shape index (κ1) is 11.9. The second-order valence-corrected chi connectivity index (χ2v) is 6.24. The lowest BCUT2D eigenvalue weighted by Crippen LogP contribution is -2.22. The maximum absolute atomic E-state index is 4.34. The Morgan fingerprint density at radius 2 is 2.33 bits per heavy atom. The monoisotopic (exact) mass is 262 g/mol. The minimum atomic E-state index is 0.529. The summed E-state index contributed by atoms with van der Waals surface area (Å²) in [5.74, 6) is 0. The van der Waals surface area contributed by atoms with E-state index in [4.69, 9.17) is 0 Å². The first-order valence-electron chi connectivity index (χ1n) is 6.36. The van der Waals surface area contributed by atoms with Crippen LogP contribution in [0.25, 0.3) is 0 Å². The van der Waals surface area contributed by atoms with Crippen LogP contribution in [-0.2, 0) is 13.6 Å². The number of likely N-dealkylation sites (tertiary alicyclic amines) is 1. The zero-order valence-corrected chi connectivity index (χ0v) is 11.7. The van der Waals surface area contributed by atoms with Gasteiger partial charge in [-0.15, -0.1) is 11.3 Å². The Hall–Kier alpha value is -1.20. The molecule has 1 unspecified atom stereocenters. The highest BCUT2D eigenvalue weighted by Gasteiger charge is 2.27. The highest BCUT2D eigenvalue weighted by Crippen LogP contribution is 2.33. The van der Waals surface area contributed by atoms with Crippen molar-refractivity contribution in [3.8, 4) is 0 Å². The van der Waals surface area contributed by atoms with E-state index in [0.29, 0.717) is 6.04 Å². The second kappa shape index (κ2) is 4.82. The molecule has 1 saturated heterocycles. The van der Waals surface area contributed by atoms with Gasteiger partial charge in [0.1, 0.15) is 0 Å². The molecular weight excluding hydrogens is 244 g/mol. The summed E-state index contributed by atoms with van der Waals surface area (Å²) in [7, 11) is 1.98. The molecule has 0 amide bonds. The Balaban J connectivity index is 1.75. The molecule has 0 radical (unpaired) electrons. The predicted molar refractivity (Wildman–Crippen MR) is 72.4 cm³/mol. The lowest BCUT2D eigenvalue weighted by Gasteiger charge is -2.22. The van der Waals surface area contributed by atoms with Crippen LogP contribution in [0.1, 0.15) is 34.3 Å². The number of hydrogen-bond acceptors (Lipinski definition) is 4. The molecule has 1 aliphatic rings. The lowest BCUT2D eigenvalue weighted by atomic mass is 10.1. The number of aryl methyl sites for hydroxylation is 2. The zero-order valence-electron chi connectivity index (χ0n) is 10.8. The molecule has 1 fully saturated rings. The van der Waals surface area contributed by atoms with Crippen molar-refractivity contribution in [2.75, 3.05) is 6.54 Å². The summed E-state index contributed by atoms with van der Waals surface area (Å²) in [4.78, 5) is 8.25. The van der Waals surface area contributed by atoms with Crippen molar-refractivity contribution in [1.82, 2.24) is 19.7 Å². The van der Waals surface area contributed by atoms with E-state index in [1.807, 2.05) is 24.1 Å². The Morgan fingerprint density at radius 3 is 3.00 bits per heavy atom. The lowest BCUT2D eigenvalue weighted by molar-refractivity contribution is 0.250. The SMILES string of the molecule is Cc1ncc(CN2CCCC2c2cnn(C)c2)s1. The van der Waals surface area contributed by atoms with E-state index < -0.39 is 0 Å². The largest absolute Gasteiger partial charge is 0.291 e. The molecule has 1 atom stereocenters. The standard InChI is InChI=1S/C13H18N4S/c1-10-14-7-12(18-10)9-17-5-3-4-13(17)11-6-15-16(2)8-11/h6-8,13H,3-5,9H2,1-2H3. The van der Waals surface area contributed by atoms with Crippen molar-refractivity contribution in [2.45, 2.75) is 32.4 Å². The fourth-order valence-corrected chi connectivity index (χ4v) is 3.50. The molecule has 3 rings (SSSR count). The van der Waals surface area contributed by atoms with Gasteiger partial charge in [0.25, 0.3) is 0 Å². The number of aromatic nitrogens is 3. The molecule has 2 aromatic rings. The van der Waals surface area contributed by atoms with Gasteiger partial charge in [-0.1, -0.05) is 0 Å². The van der Waals surface area contributed by atoms with Gasteiger partial charge in [0.15, 0.2) is 0 Å². The molecule has 2 aromatic heterocycles. The van der Waals surface area contributed by atoms with E-state index in [9.17, 15) is 0 Å². The molecular formula is C13H18N4S. The van der Waals surface area contributed by atoms with Crippen LogP contribution in [0.3, 0.4) is 0 Å². The van der Waals surface area contributed by atoms with Crippen molar-refractivity contribution in [3.05, 3.63) is 34.0 Å². The summed E-state index contributed by atoms with van der Waals surface area (Å²) < 4.78 is 1.89. The topological polar surface area (TPSA) is 34.0 Å². The molecule has 4 nitrogen and oxygen atoms in total. The van der Waals surface area contributed by atoms with E-state index in [1.165, 1.54) is 29.8 Å². The first-order chi connectivity index (χ1) is 8.72. The number of nitrogens with zero attached hydrogens (tertiary/aromatic N) is 4. The fraction of sp³-hybridized carbons (Fsp3) is 0.538. The second-order valence-electron chi connectivity index (χ2n) is 4.92. The Morgan fingerprint density at radius 1 is 1.44 bits per heavy atom. The van der Waals surface area contributed by atoms with Crippen LogP contribution in [0.15, 0.2) is 18.6 Å². The summed E-state index contributed by atoms with van der Waals surface area (Å²) in [5.41, 5.74) is 1.34. The van der Waals surface area contributed by atoms with Gasteiger partial charge in [-0.25, -0.2) is 4.98 Å². The Kier molecular flexibility index (Phi) is 3.18. The maximum Gasteiger partial charge on any atom is 0.0897 e. The van der Waals surface area contributed by atoms with Crippen LogP contribution in [0.4, 0.5) is 0 Å². The molecule has 0 N–H and O–H groups in total. The molecule has 1 aliphatic heterocycles. The van der Waals surface area contributed by atoms with Crippen molar-refractivity contribution >= 4 is 11.3 Å². The smallest absolute Gasteiger partial charge is 0.0897 e. The summed E-state index contributed by atoms with van der Waals surface area (Å²) in [6.45, 7) is 4.26. The van der Waals surface area contributed by atoms with Gasteiger partial charge in [-0.05, 0) is 26.3 Å². The van der Waals surface area contributed by atoms with Crippen molar-refractivity contribution in [1.29, 1.82) is 0 Å². The summed E-state index contributed by atoms with van der Waals surface area (Å²) in [6, 6.07) is 0.529. The van der Waals surface area contributed by atoms with Gasteiger partial charge in [0, 0.05) is 42.5 Å². The summed E-state index contributed by atoms with van der Waals surface area (Å²) in [5, 5.41) is 5.44. The fourth-order valence-electron chi connectivity index (χ4n) is 2.68. The van der Waals surface area contributed by atoms with Crippen LogP contribution in [0.5, 0.6) is 0 Å². The van der Waals surface area contributed by atoms with Gasteiger partial charge in [-0.2, -0.15) is 5.10 Å². The van der Waals surface area contributed by atoms with Crippen molar-refractivity contribution < 1.29 is 0 Å². The Bertz CT molecular complexity index is 531. The van der Waals surface area contributed by atoms with Gasteiger partial charge in [0.2, 0.25) is 0 Å². The average Bonchev–Trinajstić information content (AvgIpc) is 3.01. The number of rotatable bonds is 3. The predicted octanol–water partition coefficient (Wildman–Crippen LogP) is 2.52. The molecule has 0 bridgehead atoms. The third kappa shape index (κ3) is 2.33. The van der Waals surface area contributed by atoms with E-state index in [-0.39, 0.29) is 0 Å². The van der Waals surface area contributed by atoms with E-state index >= 15 is 0 Å². The van der Waals surface area contributed by atoms with Crippen LogP contribution < -0.4 is 0 Å². The summed E-state index contributed by atoms with van der Waals surface area (Å²) in [6.07, 6.45) is 8.67. The molecule has 5 heteroatoms. The molecule has 0 saturated carbocycles. The molecule has 96 valence electrons. The molecule has 0 aliphatic carbocycles. The highest BCUT2D eigenvalue weighted by molar-refractivity contribution is 7.11. The third-order valence-electron chi connectivity index (χ3n) is 3.50. The van der Waals surface area contributed by atoms with E-state index in [1.54, 1.807) is 11.3 Å². The quantitative estimate of drug-likeness (QED) is 0.852. The van der Waals surface area contributed by atoms with Crippen LogP contribution in [0.2, 0.25) is 0 Å². The average molecular weight is 262 g/mol. The molecule has 0 aromatic carbocycles. The normalized spacial score (nSPS) is 20.7. The molecule has 3 heterocycles. The summed E-state index contributed by atoms with van der Waals surface area (Å²) >= 11 is 1.80. The van der Waals surface area contributed by atoms with Gasteiger partial charge in [0.05, 0.1) is 11.2 Å². The van der Waals surface area contributed by atoms with Crippen LogP contribution in [0, 0.1) is 6.92 Å². The van der Waals surface area contributed by atoms with E-state index in [2.05, 4.69) is 28.1 Å².